The van der Waals surface area contributed by atoms with E-state index >= 15 is 0 Å². The Balaban J connectivity index is 1.84. The first kappa shape index (κ1) is 15.7. The minimum atomic E-state index is -0.708. The summed E-state index contributed by atoms with van der Waals surface area (Å²) in [6.45, 7) is 1.91. The number of amides is 1. The van der Waals surface area contributed by atoms with Crippen molar-refractivity contribution in [1.82, 2.24) is 5.32 Å². The number of aliphatic hydroxyl groups is 1. The lowest BCUT2D eigenvalue weighted by molar-refractivity contribution is -0.124. The average molecular weight is 307 g/mol. The molecule has 0 spiro atoms. The van der Waals surface area contributed by atoms with Gasteiger partial charge in [0.15, 0.2) is 0 Å². The highest BCUT2D eigenvalue weighted by Gasteiger charge is 2.17. The molecule has 2 aromatic rings. The van der Waals surface area contributed by atoms with E-state index in [0.717, 1.165) is 5.56 Å². The second-order valence-corrected chi connectivity index (χ2v) is 5.79. The van der Waals surface area contributed by atoms with Crippen molar-refractivity contribution in [3.8, 4) is 0 Å². The van der Waals surface area contributed by atoms with Crippen LogP contribution in [-0.2, 0) is 11.2 Å². The highest BCUT2D eigenvalue weighted by Crippen LogP contribution is 2.16. The second-order valence-electron chi connectivity index (χ2n) is 5.01. The Bertz CT molecular complexity index is 586. The van der Waals surface area contributed by atoms with Crippen LogP contribution in [0.2, 0.25) is 0 Å². The van der Waals surface area contributed by atoms with Crippen LogP contribution in [-0.4, -0.2) is 17.6 Å². The molecule has 2 atom stereocenters. The fourth-order valence-electron chi connectivity index (χ4n) is 2.04. The normalized spacial score (nSPS) is 13.7. The van der Waals surface area contributed by atoms with E-state index in [2.05, 4.69) is 5.32 Å². The number of hydrogen-bond donors (Lipinski definition) is 2. The van der Waals surface area contributed by atoms with Gasteiger partial charge in [-0.2, -0.15) is 11.3 Å². The molecular weight excluding hydrogens is 289 g/mol. The van der Waals surface area contributed by atoms with Crippen LogP contribution in [0.4, 0.5) is 4.39 Å². The molecule has 2 N–H and O–H groups in total. The summed E-state index contributed by atoms with van der Waals surface area (Å²) < 4.78 is 13.5. The van der Waals surface area contributed by atoms with E-state index in [-0.39, 0.29) is 24.2 Å². The number of hydrogen-bond acceptors (Lipinski definition) is 3. The third-order valence-electron chi connectivity index (χ3n) is 3.33. The number of thiophene rings is 1. The predicted molar refractivity (Wildman–Crippen MR) is 81.6 cm³/mol. The number of aliphatic hydroxyl groups excluding tert-OH is 1. The molecule has 0 aliphatic heterocycles. The molecule has 1 aromatic carbocycles. The zero-order valence-electron chi connectivity index (χ0n) is 11.8. The molecule has 2 unspecified atom stereocenters. The first-order chi connectivity index (χ1) is 10.1. The third-order valence-corrected chi connectivity index (χ3v) is 4.03. The van der Waals surface area contributed by atoms with Gasteiger partial charge in [0.2, 0.25) is 5.91 Å². The molecule has 1 amide bonds. The van der Waals surface area contributed by atoms with Gasteiger partial charge in [0, 0.05) is 12.5 Å². The van der Waals surface area contributed by atoms with Gasteiger partial charge in [-0.15, -0.1) is 0 Å². The number of halogens is 1. The molecule has 0 saturated carbocycles. The number of carbonyl (C=O) groups is 1. The van der Waals surface area contributed by atoms with Crippen LogP contribution in [0.15, 0.2) is 41.1 Å². The Hall–Kier alpha value is -1.72. The van der Waals surface area contributed by atoms with E-state index < -0.39 is 6.10 Å². The second kappa shape index (κ2) is 7.33. The molecule has 0 aliphatic carbocycles. The fourth-order valence-corrected chi connectivity index (χ4v) is 2.75. The van der Waals surface area contributed by atoms with Crippen LogP contribution in [0, 0.1) is 11.7 Å². The molecule has 0 fully saturated rings. The number of carbonyl (C=O) groups excluding carboxylic acids is 1. The van der Waals surface area contributed by atoms with Gasteiger partial charge >= 0.3 is 0 Å². The van der Waals surface area contributed by atoms with E-state index in [1.54, 1.807) is 25.1 Å². The maximum Gasteiger partial charge on any atom is 0.223 e. The van der Waals surface area contributed by atoms with Crippen molar-refractivity contribution in [2.24, 2.45) is 5.92 Å². The summed E-state index contributed by atoms with van der Waals surface area (Å²) in [6.07, 6.45) is -0.367. The van der Waals surface area contributed by atoms with Gasteiger partial charge in [0.05, 0.1) is 6.10 Å². The minimum absolute atomic E-state index is 0.164. The van der Waals surface area contributed by atoms with Gasteiger partial charge in [-0.25, -0.2) is 4.39 Å². The molecule has 5 heteroatoms. The first-order valence-corrected chi connectivity index (χ1v) is 7.73. The lowest BCUT2D eigenvalue weighted by Crippen LogP contribution is -2.33. The van der Waals surface area contributed by atoms with Crippen LogP contribution in [0.1, 0.15) is 24.2 Å². The predicted octanol–water partition coefficient (Wildman–Crippen LogP) is 2.92. The quantitative estimate of drug-likeness (QED) is 0.862. The summed E-state index contributed by atoms with van der Waals surface area (Å²) in [4.78, 5) is 12.0. The van der Waals surface area contributed by atoms with E-state index in [1.165, 1.54) is 17.4 Å². The Kier molecular flexibility index (Phi) is 5.47. The number of nitrogens with one attached hydrogen (secondary N) is 1. The van der Waals surface area contributed by atoms with Crippen LogP contribution >= 0.6 is 11.3 Å². The van der Waals surface area contributed by atoms with Gasteiger partial charge in [0.25, 0.3) is 0 Å². The topological polar surface area (TPSA) is 49.3 Å². The van der Waals surface area contributed by atoms with E-state index in [9.17, 15) is 14.3 Å². The largest absolute Gasteiger partial charge is 0.387 e. The smallest absolute Gasteiger partial charge is 0.223 e. The van der Waals surface area contributed by atoms with Gasteiger partial charge in [-0.05, 0) is 40.4 Å². The van der Waals surface area contributed by atoms with Crippen molar-refractivity contribution < 1.29 is 14.3 Å². The third kappa shape index (κ3) is 4.37. The molecule has 0 aliphatic rings. The van der Waals surface area contributed by atoms with Crippen LogP contribution in [0.5, 0.6) is 0 Å². The standard InChI is InChI=1S/C16H18FNO2S/c1-11(8-12-4-2-3-5-14(12)17)16(20)18-9-15(19)13-6-7-21-10-13/h2-7,10-11,15,19H,8-9H2,1H3,(H,18,20). The van der Waals surface area contributed by atoms with Crippen LogP contribution < -0.4 is 5.32 Å². The molecule has 0 saturated heterocycles. The van der Waals surface area contributed by atoms with E-state index in [1.807, 2.05) is 16.8 Å². The van der Waals surface area contributed by atoms with Crippen molar-refractivity contribution in [1.29, 1.82) is 0 Å². The summed E-state index contributed by atoms with van der Waals surface area (Å²) in [5, 5.41) is 16.3. The van der Waals surface area contributed by atoms with Crippen molar-refractivity contribution in [2.75, 3.05) is 6.54 Å². The van der Waals surface area contributed by atoms with Gasteiger partial charge in [0.1, 0.15) is 5.82 Å². The van der Waals surface area contributed by atoms with Gasteiger partial charge in [-0.1, -0.05) is 25.1 Å². The summed E-state index contributed by atoms with van der Waals surface area (Å²) in [5.74, 6) is -0.834. The lowest BCUT2D eigenvalue weighted by atomic mass is 10.00. The Labute approximate surface area is 127 Å². The first-order valence-electron chi connectivity index (χ1n) is 6.79. The zero-order chi connectivity index (χ0) is 15.2. The molecule has 2 rings (SSSR count). The Morgan fingerprint density at radius 1 is 1.38 bits per heavy atom. The monoisotopic (exact) mass is 307 g/mol. The number of benzene rings is 1. The highest BCUT2D eigenvalue weighted by atomic mass is 32.1. The van der Waals surface area contributed by atoms with Crippen molar-refractivity contribution >= 4 is 17.2 Å². The Morgan fingerprint density at radius 3 is 2.81 bits per heavy atom. The molecule has 0 bridgehead atoms. The van der Waals surface area contributed by atoms with Crippen LogP contribution in [0.3, 0.4) is 0 Å². The van der Waals surface area contributed by atoms with Crippen molar-refractivity contribution in [3.63, 3.8) is 0 Å². The summed E-state index contributed by atoms with van der Waals surface area (Å²) in [5.41, 5.74) is 1.32. The SMILES string of the molecule is CC(Cc1ccccc1F)C(=O)NCC(O)c1ccsc1. The van der Waals surface area contributed by atoms with Gasteiger partial charge in [-0.3, -0.25) is 4.79 Å². The van der Waals surface area contributed by atoms with Gasteiger partial charge < -0.3 is 10.4 Å². The van der Waals surface area contributed by atoms with Crippen molar-refractivity contribution in [2.45, 2.75) is 19.4 Å². The minimum Gasteiger partial charge on any atom is -0.387 e. The van der Waals surface area contributed by atoms with E-state index in [0.29, 0.717) is 12.0 Å². The summed E-state index contributed by atoms with van der Waals surface area (Å²) >= 11 is 1.50. The maximum atomic E-state index is 13.5. The molecule has 1 aromatic heterocycles. The van der Waals surface area contributed by atoms with Crippen LogP contribution in [0.25, 0.3) is 0 Å². The molecule has 112 valence electrons. The lowest BCUT2D eigenvalue weighted by Gasteiger charge is -2.15. The highest BCUT2D eigenvalue weighted by molar-refractivity contribution is 7.07. The zero-order valence-corrected chi connectivity index (χ0v) is 12.6. The Morgan fingerprint density at radius 2 is 2.14 bits per heavy atom. The molecule has 1 heterocycles. The summed E-state index contributed by atoms with van der Waals surface area (Å²) in [6, 6.07) is 8.27. The number of rotatable bonds is 6. The van der Waals surface area contributed by atoms with E-state index in [4.69, 9.17) is 0 Å². The molecule has 21 heavy (non-hydrogen) atoms. The maximum absolute atomic E-state index is 13.5. The molecule has 0 radical (unpaired) electrons. The molecule has 3 nitrogen and oxygen atoms in total. The fraction of sp³-hybridized carbons (Fsp3) is 0.312. The summed E-state index contributed by atoms with van der Waals surface area (Å²) in [7, 11) is 0. The van der Waals surface area contributed by atoms with Crippen molar-refractivity contribution in [3.05, 3.63) is 58.0 Å². The molecular formula is C16H18FNO2S. The average Bonchev–Trinajstić information content (AvgIpc) is 3.01.